The van der Waals surface area contributed by atoms with Gasteiger partial charge in [-0.3, -0.25) is 4.79 Å². The van der Waals surface area contributed by atoms with E-state index in [1.165, 1.54) is 0 Å². The van der Waals surface area contributed by atoms with Crippen molar-refractivity contribution in [1.29, 1.82) is 0 Å². The highest BCUT2D eigenvalue weighted by atomic mass is 35.5. The van der Waals surface area contributed by atoms with Crippen molar-refractivity contribution in [3.8, 4) is 0 Å². The molecule has 0 aliphatic heterocycles. The number of nitrogens with one attached hydrogen (secondary N) is 1. The maximum absolute atomic E-state index is 12.0. The summed E-state index contributed by atoms with van der Waals surface area (Å²) in [5.41, 5.74) is 1.60. The number of carbonyl (C=O) groups excluding carboxylic acids is 1. The van der Waals surface area contributed by atoms with Gasteiger partial charge in [-0.05, 0) is 30.5 Å². The van der Waals surface area contributed by atoms with Gasteiger partial charge in [0.05, 0.1) is 12.1 Å². The largest absolute Gasteiger partial charge is 0.391 e. The minimum absolute atomic E-state index is 0.112. The molecule has 0 heterocycles. The average molecular weight is 268 g/mol. The lowest BCUT2D eigenvalue weighted by Crippen LogP contribution is -2.45. The Balaban J connectivity index is 1.97. The van der Waals surface area contributed by atoms with E-state index < -0.39 is 6.10 Å². The molecular formula is C14H18ClNO2. The van der Waals surface area contributed by atoms with Crippen LogP contribution in [0.4, 0.5) is 0 Å². The van der Waals surface area contributed by atoms with Crippen molar-refractivity contribution in [2.45, 2.75) is 43.7 Å². The molecule has 1 saturated carbocycles. The lowest BCUT2D eigenvalue weighted by molar-refractivity contribution is 0.0717. The van der Waals surface area contributed by atoms with Gasteiger partial charge in [0.2, 0.25) is 0 Å². The Bertz CT molecular complexity index is 405. The van der Waals surface area contributed by atoms with Gasteiger partial charge in [0.25, 0.3) is 5.91 Å². The predicted octanol–water partition coefficient (Wildman–Crippen LogP) is 2.46. The van der Waals surface area contributed by atoms with Crippen molar-refractivity contribution in [3.05, 3.63) is 35.4 Å². The van der Waals surface area contributed by atoms with Crippen molar-refractivity contribution < 1.29 is 9.90 Å². The van der Waals surface area contributed by atoms with E-state index in [9.17, 15) is 9.90 Å². The van der Waals surface area contributed by atoms with Crippen molar-refractivity contribution in [2.24, 2.45) is 0 Å². The molecule has 0 radical (unpaired) electrons. The van der Waals surface area contributed by atoms with Crippen LogP contribution in [0.5, 0.6) is 0 Å². The van der Waals surface area contributed by atoms with Gasteiger partial charge >= 0.3 is 0 Å². The molecule has 1 aliphatic carbocycles. The summed E-state index contributed by atoms with van der Waals surface area (Å²) < 4.78 is 0. The smallest absolute Gasteiger partial charge is 0.251 e. The fourth-order valence-corrected chi connectivity index (χ4v) is 2.45. The second-order valence-electron chi connectivity index (χ2n) is 4.76. The molecule has 2 atom stereocenters. The summed E-state index contributed by atoms with van der Waals surface area (Å²) in [6.45, 7) is 0. The molecule has 0 spiro atoms. The average Bonchev–Trinajstić information content (AvgIpc) is 2.41. The van der Waals surface area contributed by atoms with Crippen LogP contribution in [-0.4, -0.2) is 23.2 Å². The Labute approximate surface area is 112 Å². The lowest BCUT2D eigenvalue weighted by Gasteiger charge is -2.28. The van der Waals surface area contributed by atoms with Crippen LogP contribution in [0, 0.1) is 0 Å². The summed E-state index contributed by atoms with van der Waals surface area (Å²) in [6, 6.07) is 7.11. The van der Waals surface area contributed by atoms with Crippen molar-refractivity contribution >= 4 is 17.5 Å². The van der Waals surface area contributed by atoms with Gasteiger partial charge in [-0.25, -0.2) is 0 Å². The number of alkyl halides is 1. The normalized spacial score (nSPS) is 23.7. The molecule has 18 heavy (non-hydrogen) atoms. The standard InChI is InChI=1S/C14H18ClNO2/c15-9-10-5-7-11(8-6-10)14(18)16-12-3-1-2-4-13(12)17/h5-8,12-13,17H,1-4,9H2,(H,16,18). The molecule has 4 heteroatoms. The van der Waals surface area contributed by atoms with Crippen molar-refractivity contribution in [1.82, 2.24) is 5.32 Å². The van der Waals surface area contributed by atoms with Crippen LogP contribution in [0.3, 0.4) is 0 Å². The maximum atomic E-state index is 12.0. The Morgan fingerprint density at radius 2 is 1.94 bits per heavy atom. The number of aliphatic hydroxyl groups excluding tert-OH is 1. The monoisotopic (exact) mass is 267 g/mol. The SMILES string of the molecule is O=C(NC1CCCCC1O)c1ccc(CCl)cc1. The molecule has 1 aromatic carbocycles. The van der Waals surface area contributed by atoms with E-state index in [4.69, 9.17) is 11.6 Å². The van der Waals surface area contributed by atoms with Gasteiger partial charge < -0.3 is 10.4 Å². The van der Waals surface area contributed by atoms with E-state index in [-0.39, 0.29) is 11.9 Å². The molecule has 0 aromatic heterocycles. The van der Waals surface area contributed by atoms with E-state index >= 15 is 0 Å². The predicted molar refractivity (Wildman–Crippen MR) is 71.7 cm³/mol. The first-order chi connectivity index (χ1) is 8.70. The van der Waals surface area contributed by atoms with Gasteiger partial charge in [-0.1, -0.05) is 25.0 Å². The Morgan fingerprint density at radius 1 is 1.28 bits per heavy atom. The highest BCUT2D eigenvalue weighted by molar-refractivity contribution is 6.17. The highest BCUT2D eigenvalue weighted by Crippen LogP contribution is 2.18. The first-order valence-electron chi connectivity index (χ1n) is 6.34. The number of hydrogen-bond donors (Lipinski definition) is 2. The summed E-state index contributed by atoms with van der Waals surface area (Å²) in [4.78, 5) is 12.0. The fraction of sp³-hybridized carbons (Fsp3) is 0.500. The first-order valence-corrected chi connectivity index (χ1v) is 6.88. The number of halogens is 1. The molecule has 2 rings (SSSR count). The quantitative estimate of drug-likeness (QED) is 0.827. The zero-order chi connectivity index (χ0) is 13.0. The van der Waals surface area contributed by atoms with E-state index in [1.54, 1.807) is 12.1 Å². The van der Waals surface area contributed by atoms with E-state index in [0.29, 0.717) is 11.4 Å². The molecule has 2 N–H and O–H groups in total. The summed E-state index contributed by atoms with van der Waals surface area (Å²) in [5.74, 6) is 0.325. The molecule has 98 valence electrons. The van der Waals surface area contributed by atoms with Crippen molar-refractivity contribution in [3.63, 3.8) is 0 Å². The number of aliphatic hydroxyl groups is 1. The second kappa shape index (κ2) is 6.21. The number of benzene rings is 1. The summed E-state index contributed by atoms with van der Waals surface area (Å²) >= 11 is 5.70. The fourth-order valence-electron chi connectivity index (χ4n) is 2.28. The molecule has 1 aromatic rings. The van der Waals surface area contributed by atoms with Gasteiger partial charge in [0, 0.05) is 11.4 Å². The number of carbonyl (C=O) groups is 1. The van der Waals surface area contributed by atoms with E-state index in [2.05, 4.69) is 5.32 Å². The van der Waals surface area contributed by atoms with Crippen LogP contribution >= 0.6 is 11.6 Å². The molecule has 0 saturated heterocycles. The number of rotatable bonds is 3. The highest BCUT2D eigenvalue weighted by Gasteiger charge is 2.24. The third-order valence-electron chi connectivity index (χ3n) is 3.42. The van der Waals surface area contributed by atoms with Gasteiger partial charge in [-0.2, -0.15) is 0 Å². The first kappa shape index (κ1) is 13.4. The zero-order valence-corrected chi connectivity index (χ0v) is 11.0. The van der Waals surface area contributed by atoms with Crippen LogP contribution in [0.15, 0.2) is 24.3 Å². The topological polar surface area (TPSA) is 49.3 Å². The third kappa shape index (κ3) is 3.24. The van der Waals surface area contributed by atoms with Crippen LogP contribution in [0.2, 0.25) is 0 Å². The van der Waals surface area contributed by atoms with Gasteiger partial charge in [0.15, 0.2) is 0 Å². The zero-order valence-electron chi connectivity index (χ0n) is 10.2. The molecule has 2 unspecified atom stereocenters. The summed E-state index contributed by atoms with van der Waals surface area (Å²) in [5, 5.41) is 12.7. The Kier molecular flexibility index (Phi) is 4.61. The van der Waals surface area contributed by atoms with Gasteiger partial charge in [0.1, 0.15) is 0 Å². The maximum Gasteiger partial charge on any atom is 0.251 e. The van der Waals surface area contributed by atoms with Gasteiger partial charge in [-0.15, -0.1) is 11.6 Å². The molecule has 1 aliphatic rings. The molecule has 0 bridgehead atoms. The molecule has 1 fully saturated rings. The Hall–Kier alpha value is -1.06. The van der Waals surface area contributed by atoms with Crippen LogP contribution in [0.25, 0.3) is 0 Å². The van der Waals surface area contributed by atoms with Crippen LogP contribution in [0.1, 0.15) is 41.6 Å². The summed E-state index contributed by atoms with van der Waals surface area (Å²) in [6.07, 6.45) is 3.32. The number of hydrogen-bond acceptors (Lipinski definition) is 2. The van der Waals surface area contributed by atoms with E-state index in [0.717, 1.165) is 31.2 Å². The van der Waals surface area contributed by atoms with Crippen molar-refractivity contribution in [2.75, 3.05) is 0 Å². The third-order valence-corrected chi connectivity index (χ3v) is 3.73. The molecular weight excluding hydrogens is 250 g/mol. The lowest BCUT2D eigenvalue weighted by atomic mass is 9.92. The summed E-state index contributed by atoms with van der Waals surface area (Å²) in [7, 11) is 0. The molecule has 3 nitrogen and oxygen atoms in total. The van der Waals surface area contributed by atoms with Crippen LogP contribution < -0.4 is 5.32 Å². The minimum atomic E-state index is -0.412. The number of amides is 1. The molecule has 1 amide bonds. The Morgan fingerprint density at radius 3 is 2.56 bits per heavy atom. The van der Waals surface area contributed by atoms with E-state index in [1.807, 2.05) is 12.1 Å². The van der Waals surface area contributed by atoms with Crippen LogP contribution in [-0.2, 0) is 5.88 Å². The second-order valence-corrected chi connectivity index (χ2v) is 5.03. The minimum Gasteiger partial charge on any atom is -0.391 e.